The molecular weight excluding hydrogens is 294 g/mol. The van der Waals surface area contributed by atoms with E-state index in [1.807, 2.05) is 0 Å². The first-order valence-corrected chi connectivity index (χ1v) is 10.6. The van der Waals surface area contributed by atoms with Gasteiger partial charge in [0.15, 0.2) is 0 Å². The third-order valence-corrected chi connectivity index (χ3v) is 2.21. The normalized spacial score (nSPS) is 13.1. The molecule has 0 nitrogen and oxygen atoms in total. The van der Waals surface area contributed by atoms with E-state index < -0.39 is 20.8 Å². The van der Waals surface area contributed by atoms with Crippen molar-refractivity contribution < 1.29 is 20.8 Å². The van der Waals surface area contributed by atoms with Crippen molar-refractivity contribution >= 4 is 23.1 Å². The van der Waals surface area contributed by atoms with Crippen molar-refractivity contribution in [2.24, 2.45) is 0 Å². The van der Waals surface area contributed by atoms with Crippen LogP contribution in [0.1, 0.15) is 23.6 Å². The standard InChI is InChI=1S/C11H11.2ClH.Zr/c1-8-4-3-5-10-7-6-9(2)11(8)10;;;/h3-7H,1-2H3;2*1H;/q;;;+2/p-2. The number of halogens is 2. The van der Waals surface area contributed by atoms with Gasteiger partial charge in [-0.1, -0.05) is 37.3 Å². The summed E-state index contributed by atoms with van der Waals surface area (Å²) in [5, 5.41) is 0. The fourth-order valence-corrected chi connectivity index (χ4v) is 1.67. The van der Waals surface area contributed by atoms with Crippen LogP contribution in [0.15, 0.2) is 24.3 Å². The van der Waals surface area contributed by atoms with Gasteiger partial charge in [-0.2, -0.15) is 0 Å². The van der Waals surface area contributed by atoms with Crippen molar-refractivity contribution in [3.63, 3.8) is 0 Å². The Morgan fingerprint density at radius 3 is 2.29 bits per heavy atom. The van der Waals surface area contributed by atoms with Gasteiger partial charge in [0.25, 0.3) is 0 Å². The van der Waals surface area contributed by atoms with Crippen LogP contribution in [0.25, 0.3) is 6.08 Å². The number of hydrogen-bond donors (Lipinski definition) is 0. The number of rotatable bonds is 0. The molecule has 1 aliphatic carbocycles. The summed E-state index contributed by atoms with van der Waals surface area (Å²) < 4.78 is 0. The van der Waals surface area contributed by atoms with Crippen LogP contribution in [0.2, 0.25) is 0 Å². The minimum atomic E-state index is -0.826. The van der Waals surface area contributed by atoms with Gasteiger partial charge in [0.05, 0.1) is 0 Å². The van der Waals surface area contributed by atoms with E-state index >= 15 is 0 Å². The van der Waals surface area contributed by atoms with Gasteiger partial charge >= 0.3 is 37.9 Å². The van der Waals surface area contributed by atoms with Crippen LogP contribution in [0.3, 0.4) is 0 Å². The number of aryl methyl sites for hydroxylation is 1. The quantitative estimate of drug-likeness (QED) is 0.669. The predicted octanol–water partition coefficient (Wildman–Crippen LogP) is 4.34. The summed E-state index contributed by atoms with van der Waals surface area (Å²) in [6, 6.07) is 6.43. The summed E-state index contributed by atoms with van der Waals surface area (Å²) in [5.74, 6) is 1.39. The maximum atomic E-state index is 4.93. The summed E-state index contributed by atoms with van der Waals surface area (Å²) in [7, 11) is 9.87. The van der Waals surface area contributed by atoms with E-state index in [2.05, 4.69) is 44.2 Å². The Labute approximate surface area is 104 Å². The topological polar surface area (TPSA) is 0 Å². The van der Waals surface area contributed by atoms with E-state index in [9.17, 15) is 0 Å². The Bertz CT molecular complexity index is 334. The third-order valence-electron chi connectivity index (χ3n) is 2.21. The van der Waals surface area contributed by atoms with Gasteiger partial charge < -0.3 is 0 Å². The Kier molecular flexibility index (Phi) is 5.45. The van der Waals surface area contributed by atoms with Gasteiger partial charge in [0.1, 0.15) is 0 Å². The first-order valence-electron chi connectivity index (χ1n) is 4.28. The molecule has 1 aromatic rings. The van der Waals surface area contributed by atoms with Gasteiger partial charge in [0.2, 0.25) is 0 Å². The number of allylic oxidation sites excluding steroid dienone is 1. The molecule has 0 heterocycles. The van der Waals surface area contributed by atoms with E-state index in [-0.39, 0.29) is 0 Å². The first kappa shape index (κ1) is 12.5. The summed E-state index contributed by atoms with van der Waals surface area (Å²) in [5.41, 5.74) is 4.17. The zero-order chi connectivity index (χ0) is 10.6. The molecule has 0 N–H and O–H groups in total. The Morgan fingerprint density at radius 1 is 1.07 bits per heavy atom. The fraction of sp³-hybridized carbons (Fsp3) is 0.182. The molecule has 1 radical (unpaired) electrons. The molecule has 0 amide bonds. The SMILES string of the molecule is C[C]1C=Cc2cccc(C)c21.[Cl][Zr][Cl]. The zero-order valence-corrected chi connectivity index (χ0v) is 12.1. The Balaban J connectivity index is 0.000000293. The second-order valence-electron chi connectivity index (χ2n) is 3.13. The van der Waals surface area contributed by atoms with Gasteiger partial charge in [-0.15, -0.1) is 0 Å². The van der Waals surface area contributed by atoms with Crippen LogP contribution in [0.4, 0.5) is 0 Å². The van der Waals surface area contributed by atoms with Crippen molar-refractivity contribution in [2.75, 3.05) is 0 Å². The van der Waals surface area contributed by atoms with E-state index in [0.29, 0.717) is 0 Å². The molecular formula is C11H11Cl2Zr. The molecule has 14 heavy (non-hydrogen) atoms. The van der Waals surface area contributed by atoms with Crippen molar-refractivity contribution in [2.45, 2.75) is 13.8 Å². The molecule has 0 fully saturated rings. The summed E-state index contributed by atoms with van der Waals surface area (Å²) in [6.07, 6.45) is 4.36. The minimum absolute atomic E-state index is 0.826. The Hall–Kier alpha value is 0.423. The molecule has 73 valence electrons. The van der Waals surface area contributed by atoms with E-state index in [4.69, 9.17) is 17.0 Å². The number of benzene rings is 1. The average Bonchev–Trinajstić information content (AvgIpc) is 2.51. The molecule has 0 unspecified atom stereocenters. The van der Waals surface area contributed by atoms with Crippen molar-refractivity contribution in [3.05, 3.63) is 46.9 Å². The molecule has 0 aliphatic heterocycles. The van der Waals surface area contributed by atoms with Crippen LogP contribution in [0, 0.1) is 12.8 Å². The molecule has 3 heteroatoms. The summed E-state index contributed by atoms with van der Waals surface area (Å²) in [6.45, 7) is 4.32. The molecule has 1 aliphatic rings. The molecule has 0 saturated carbocycles. The summed E-state index contributed by atoms with van der Waals surface area (Å²) >= 11 is -0.826. The van der Waals surface area contributed by atoms with Gasteiger partial charge in [0, 0.05) is 5.92 Å². The number of hydrogen-bond acceptors (Lipinski definition) is 0. The van der Waals surface area contributed by atoms with E-state index in [1.165, 1.54) is 22.6 Å². The monoisotopic (exact) mass is 303 g/mol. The molecule has 0 spiro atoms. The molecule has 0 bridgehead atoms. The van der Waals surface area contributed by atoms with Crippen LogP contribution in [-0.2, 0) is 20.8 Å². The Morgan fingerprint density at radius 2 is 1.71 bits per heavy atom. The molecule has 0 saturated heterocycles. The fourth-order valence-electron chi connectivity index (χ4n) is 1.67. The van der Waals surface area contributed by atoms with Crippen molar-refractivity contribution in [1.29, 1.82) is 0 Å². The van der Waals surface area contributed by atoms with Gasteiger partial charge in [-0.05, 0) is 23.6 Å². The first-order chi connectivity index (χ1) is 6.70. The van der Waals surface area contributed by atoms with Crippen LogP contribution < -0.4 is 0 Å². The van der Waals surface area contributed by atoms with E-state index in [0.717, 1.165) is 0 Å². The van der Waals surface area contributed by atoms with Crippen LogP contribution in [0.5, 0.6) is 0 Å². The van der Waals surface area contributed by atoms with Crippen molar-refractivity contribution in [1.82, 2.24) is 0 Å². The zero-order valence-electron chi connectivity index (χ0n) is 8.14. The van der Waals surface area contributed by atoms with Crippen LogP contribution in [-0.4, -0.2) is 0 Å². The summed E-state index contributed by atoms with van der Waals surface area (Å²) in [4.78, 5) is 0. The number of fused-ring (bicyclic) bond motifs is 1. The van der Waals surface area contributed by atoms with Gasteiger partial charge in [-0.3, -0.25) is 0 Å². The molecule has 0 aromatic heterocycles. The molecule has 0 atom stereocenters. The second-order valence-corrected chi connectivity index (χ2v) is 6.86. The second kappa shape index (κ2) is 6.10. The predicted molar refractivity (Wildman–Crippen MR) is 59.9 cm³/mol. The van der Waals surface area contributed by atoms with E-state index in [1.54, 1.807) is 0 Å². The molecule has 2 rings (SSSR count). The van der Waals surface area contributed by atoms with Gasteiger partial charge in [-0.25, -0.2) is 0 Å². The van der Waals surface area contributed by atoms with Crippen molar-refractivity contribution in [3.8, 4) is 0 Å². The third kappa shape index (κ3) is 2.95. The molecule has 1 aromatic carbocycles. The van der Waals surface area contributed by atoms with Crippen LogP contribution >= 0.6 is 17.0 Å². The maximum absolute atomic E-state index is 4.93. The average molecular weight is 305 g/mol.